The Hall–Kier alpha value is -0.120. The molecular weight excluding hydrogens is 276 g/mol. The van der Waals surface area contributed by atoms with Gasteiger partial charge in [-0.25, -0.2) is 0 Å². The van der Waals surface area contributed by atoms with Gasteiger partial charge in [-0.1, -0.05) is 13.8 Å². The van der Waals surface area contributed by atoms with Crippen molar-refractivity contribution in [2.75, 3.05) is 0 Å². The summed E-state index contributed by atoms with van der Waals surface area (Å²) in [4.78, 5) is 0. The van der Waals surface area contributed by atoms with Gasteiger partial charge in [0.25, 0.3) is 0 Å². The van der Waals surface area contributed by atoms with Crippen molar-refractivity contribution in [2.24, 2.45) is 34.5 Å². The van der Waals surface area contributed by atoms with Gasteiger partial charge in [0.1, 0.15) is 0 Å². The summed E-state index contributed by atoms with van der Waals surface area (Å²) < 4.78 is 0. The van der Waals surface area contributed by atoms with Gasteiger partial charge in [0.05, 0.1) is 18.3 Å². The second-order valence-electron chi connectivity index (χ2n) is 9.37. The lowest BCUT2D eigenvalue weighted by Gasteiger charge is -2.62. The molecule has 4 rings (SSSR count). The molecule has 3 N–H and O–H groups in total. The van der Waals surface area contributed by atoms with Crippen LogP contribution in [0, 0.1) is 34.5 Å². The highest BCUT2D eigenvalue weighted by molar-refractivity contribution is 5.12. The summed E-state index contributed by atoms with van der Waals surface area (Å²) in [6.07, 6.45) is 7.44. The smallest absolute Gasteiger partial charge is 0.0597 e. The highest BCUT2D eigenvalue weighted by Crippen LogP contribution is 2.66. The molecule has 0 unspecified atom stereocenters. The van der Waals surface area contributed by atoms with Crippen LogP contribution in [-0.2, 0) is 0 Å². The molecule has 0 aromatic rings. The number of aliphatic hydroxyl groups excluding tert-OH is 3. The van der Waals surface area contributed by atoms with Crippen LogP contribution < -0.4 is 0 Å². The third-order valence-corrected chi connectivity index (χ3v) is 8.52. The summed E-state index contributed by atoms with van der Waals surface area (Å²) in [5, 5.41) is 31.6. The van der Waals surface area contributed by atoms with E-state index in [4.69, 9.17) is 0 Å². The normalized spacial score (nSPS) is 61.2. The summed E-state index contributed by atoms with van der Waals surface area (Å²) in [5.41, 5.74) is 0.119. The second-order valence-corrected chi connectivity index (χ2v) is 9.37. The minimum absolute atomic E-state index is 0.0715. The van der Waals surface area contributed by atoms with Gasteiger partial charge in [-0.05, 0) is 85.9 Å². The van der Waals surface area contributed by atoms with Gasteiger partial charge in [0, 0.05) is 0 Å². The Morgan fingerprint density at radius 3 is 2.41 bits per heavy atom. The molecule has 0 saturated heterocycles. The molecule has 0 bridgehead atoms. The van der Waals surface area contributed by atoms with Crippen molar-refractivity contribution in [3.8, 4) is 0 Å². The van der Waals surface area contributed by atoms with Crippen LogP contribution in [0.5, 0.6) is 0 Å². The minimum atomic E-state index is -0.276. The van der Waals surface area contributed by atoms with Crippen molar-refractivity contribution < 1.29 is 15.3 Å². The Morgan fingerprint density at radius 1 is 0.864 bits per heavy atom. The predicted molar refractivity (Wildman–Crippen MR) is 85.1 cm³/mol. The van der Waals surface area contributed by atoms with Crippen molar-refractivity contribution in [3.05, 3.63) is 0 Å². The van der Waals surface area contributed by atoms with Crippen LogP contribution in [0.4, 0.5) is 0 Å². The standard InChI is InChI=1S/C19H32O3/c1-18-8-7-12(20)9-11(18)3-4-13-14-5-6-16(22)19(14,2)10-15(21)17(13)18/h11-17,20-22H,3-10H2,1-2H3/t11-,12+,13+,14-,15+,16+,17+,18+,19+/m1/s1. The van der Waals surface area contributed by atoms with Gasteiger partial charge in [0.15, 0.2) is 0 Å². The average Bonchev–Trinajstić information content (AvgIpc) is 2.75. The van der Waals surface area contributed by atoms with Gasteiger partial charge in [0.2, 0.25) is 0 Å². The molecule has 0 aromatic carbocycles. The fraction of sp³-hybridized carbons (Fsp3) is 1.00. The van der Waals surface area contributed by atoms with Gasteiger partial charge >= 0.3 is 0 Å². The van der Waals surface area contributed by atoms with Gasteiger partial charge in [-0.2, -0.15) is 0 Å². The number of fused-ring (bicyclic) bond motifs is 5. The van der Waals surface area contributed by atoms with E-state index in [2.05, 4.69) is 13.8 Å². The summed E-state index contributed by atoms with van der Waals surface area (Å²) in [7, 11) is 0. The van der Waals surface area contributed by atoms with E-state index in [1.165, 1.54) is 12.8 Å². The zero-order valence-corrected chi connectivity index (χ0v) is 14.0. The Kier molecular flexibility index (Phi) is 3.46. The topological polar surface area (TPSA) is 60.7 Å². The van der Waals surface area contributed by atoms with Gasteiger partial charge in [-0.3, -0.25) is 0 Å². The molecule has 0 radical (unpaired) electrons. The van der Waals surface area contributed by atoms with E-state index in [1.54, 1.807) is 0 Å². The maximum Gasteiger partial charge on any atom is 0.0597 e. The second kappa shape index (κ2) is 4.94. The zero-order valence-electron chi connectivity index (χ0n) is 14.0. The largest absolute Gasteiger partial charge is 0.393 e. The van der Waals surface area contributed by atoms with E-state index in [9.17, 15) is 15.3 Å². The fourth-order valence-corrected chi connectivity index (χ4v) is 7.33. The van der Waals surface area contributed by atoms with Crippen LogP contribution in [0.1, 0.15) is 65.2 Å². The molecule has 9 atom stereocenters. The van der Waals surface area contributed by atoms with Crippen LogP contribution in [-0.4, -0.2) is 33.6 Å². The molecule has 126 valence electrons. The van der Waals surface area contributed by atoms with Crippen LogP contribution in [0.15, 0.2) is 0 Å². The average molecular weight is 308 g/mol. The quantitative estimate of drug-likeness (QED) is 0.645. The molecule has 0 heterocycles. The maximum absolute atomic E-state index is 11.0. The first kappa shape index (κ1) is 15.4. The molecular formula is C19H32O3. The molecule has 0 amide bonds. The van der Waals surface area contributed by atoms with E-state index in [0.717, 1.165) is 38.5 Å². The first-order chi connectivity index (χ1) is 10.4. The number of hydrogen-bond acceptors (Lipinski definition) is 3. The van der Waals surface area contributed by atoms with Crippen molar-refractivity contribution in [1.82, 2.24) is 0 Å². The van der Waals surface area contributed by atoms with Crippen LogP contribution >= 0.6 is 0 Å². The highest BCUT2D eigenvalue weighted by Gasteiger charge is 2.62. The van der Waals surface area contributed by atoms with Crippen molar-refractivity contribution in [2.45, 2.75) is 83.5 Å². The van der Waals surface area contributed by atoms with E-state index >= 15 is 0 Å². The Labute approximate surface area is 134 Å². The van der Waals surface area contributed by atoms with E-state index in [-0.39, 0.29) is 29.1 Å². The van der Waals surface area contributed by atoms with Gasteiger partial charge < -0.3 is 15.3 Å². The zero-order chi connectivity index (χ0) is 15.7. The number of rotatable bonds is 0. The first-order valence-electron chi connectivity index (χ1n) is 9.40. The lowest BCUT2D eigenvalue weighted by atomic mass is 9.44. The van der Waals surface area contributed by atoms with Crippen molar-refractivity contribution in [1.29, 1.82) is 0 Å². The third-order valence-electron chi connectivity index (χ3n) is 8.52. The SMILES string of the molecule is C[C@]12CC[C@H](O)C[C@H]1CC[C@@H]1[C@H]2[C@@H](O)C[C@@]2(C)[C@@H]1CC[C@@H]2O. The molecule has 3 nitrogen and oxygen atoms in total. The molecule has 0 spiro atoms. The molecule has 4 aliphatic rings. The third kappa shape index (κ3) is 1.91. The number of hydrogen-bond donors (Lipinski definition) is 3. The molecule has 4 saturated carbocycles. The Bertz CT molecular complexity index is 452. The highest BCUT2D eigenvalue weighted by atomic mass is 16.3. The predicted octanol–water partition coefficient (Wildman–Crippen LogP) is 2.72. The summed E-state index contributed by atoms with van der Waals surface area (Å²) in [6.45, 7) is 4.60. The van der Waals surface area contributed by atoms with Crippen molar-refractivity contribution >= 4 is 0 Å². The minimum Gasteiger partial charge on any atom is -0.393 e. The summed E-state index contributed by atoms with van der Waals surface area (Å²) >= 11 is 0. The molecule has 0 aliphatic heterocycles. The van der Waals surface area contributed by atoms with Crippen LogP contribution in [0.3, 0.4) is 0 Å². The summed E-state index contributed by atoms with van der Waals surface area (Å²) in [6, 6.07) is 0. The number of aliphatic hydroxyl groups is 3. The fourth-order valence-electron chi connectivity index (χ4n) is 7.33. The summed E-state index contributed by atoms with van der Waals surface area (Å²) in [5.74, 6) is 2.10. The van der Waals surface area contributed by atoms with Crippen LogP contribution in [0.25, 0.3) is 0 Å². The van der Waals surface area contributed by atoms with E-state index in [1.807, 2.05) is 0 Å². The molecule has 4 fully saturated rings. The Morgan fingerprint density at radius 2 is 1.64 bits per heavy atom. The van der Waals surface area contributed by atoms with E-state index < -0.39 is 0 Å². The van der Waals surface area contributed by atoms with Gasteiger partial charge in [-0.15, -0.1) is 0 Å². The maximum atomic E-state index is 11.0. The monoisotopic (exact) mass is 308 g/mol. The van der Waals surface area contributed by atoms with E-state index in [0.29, 0.717) is 23.7 Å². The molecule has 4 aliphatic carbocycles. The van der Waals surface area contributed by atoms with Crippen molar-refractivity contribution in [3.63, 3.8) is 0 Å². The molecule has 0 aromatic heterocycles. The lowest BCUT2D eigenvalue weighted by Crippen LogP contribution is -2.59. The van der Waals surface area contributed by atoms with Crippen LogP contribution in [0.2, 0.25) is 0 Å². The molecule has 3 heteroatoms. The molecule has 22 heavy (non-hydrogen) atoms. The lowest BCUT2D eigenvalue weighted by molar-refractivity contribution is -0.183. The first-order valence-corrected chi connectivity index (χ1v) is 9.40. The Balaban J connectivity index is 1.68.